The predicted octanol–water partition coefficient (Wildman–Crippen LogP) is 1.84. The van der Waals surface area contributed by atoms with Gasteiger partial charge in [0.05, 0.1) is 12.0 Å². The second kappa shape index (κ2) is 6.58. The van der Waals surface area contributed by atoms with Crippen molar-refractivity contribution in [2.24, 2.45) is 0 Å². The van der Waals surface area contributed by atoms with Gasteiger partial charge in [-0.15, -0.1) is 0 Å². The van der Waals surface area contributed by atoms with Gasteiger partial charge in [0.15, 0.2) is 5.75 Å². The van der Waals surface area contributed by atoms with Gasteiger partial charge in [0.2, 0.25) is 5.91 Å². The molecule has 98 valence electrons. The smallest absolute Gasteiger partial charge is 0.310 e. The minimum atomic E-state index is -0.473. The van der Waals surface area contributed by atoms with Gasteiger partial charge in [-0.2, -0.15) is 0 Å². The van der Waals surface area contributed by atoms with Gasteiger partial charge < -0.3 is 9.64 Å². The Hall–Kier alpha value is -2.11. The molecule has 6 nitrogen and oxygen atoms in total. The van der Waals surface area contributed by atoms with Crippen molar-refractivity contribution >= 4 is 11.6 Å². The maximum Gasteiger partial charge on any atom is 0.310 e. The normalized spacial score (nSPS) is 13.9. The number of carbonyl (C=O) groups is 1. The number of benzene rings is 1. The molecule has 6 heteroatoms. The number of nitrogens with zero attached hydrogens (tertiary/aromatic N) is 2. The van der Waals surface area contributed by atoms with Crippen LogP contribution in [-0.2, 0) is 4.79 Å². The zero-order valence-electron chi connectivity index (χ0n) is 10.5. The van der Waals surface area contributed by atoms with Gasteiger partial charge in [0, 0.05) is 26.1 Å². The Morgan fingerprint density at radius 1 is 1.39 bits per heavy atom. The summed E-state index contributed by atoms with van der Waals surface area (Å²) in [6, 6.07) is 6.24. The molecule has 0 aliphatic carbocycles. The number of hydrogen-bond donors (Lipinski definition) is 0. The lowest BCUT2D eigenvalue weighted by Crippen LogP contribution is -2.17. The Morgan fingerprint density at radius 3 is 2.39 bits per heavy atom. The summed E-state index contributed by atoms with van der Waals surface area (Å²) in [7, 11) is 3.25. The highest BCUT2D eigenvalue weighted by Crippen LogP contribution is 2.24. The van der Waals surface area contributed by atoms with Crippen molar-refractivity contribution in [3.8, 4) is 5.75 Å². The van der Waals surface area contributed by atoms with Gasteiger partial charge in [0.1, 0.15) is 0 Å². The van der Waals surface area contributed by atoms with Gasteiger partial charge in [-0.25, -0.2) is 0 Å². The second-order valence-electron chi connectivity index (χ2n) is 3.85. The third-order valence-electron chi connectivity index (χ3n) is 2.59. The SMILES string of the molecule is CN1CCCC1=O.COc1ccccc1[N+](=O)[O-]. The highest BCUT2D eigenvalue weighted by molar-refractivity contribution is 5.77. The van der Waals surface area contributed by atoms with E-state index in [1.165, 1.54) is 13.2 Å². The predicted molar refractivity (Wildman–Crippen MR) is 66.5 cm³/mol. The van der Waals surface area contributed by atoms with E-state index in [1.54, 1.807) is 23.1 Å². The van der Waals surface area contributed by atoms with E-state index in [9.17, 15) is 14.9 Å². The Kier molecular flexibility index (Phi) is 5.10. The molecule has 2 rings (SSSR count). The van der Waals surface area contributed by atoms with Crippen LogP contribution in [0.3, 0.4) is 0 Å². The molecule has 1 aliphatic heterocycles. The van der Waals surface area contributed by atoms with Crippen molar-refractivity contribution in [1.29, 1.82) is 0 Å². The monoisotopic (exact) mass is 252 g/mol. The molecule has 0 bridgehead atoms. The number of amides is 1. The van der Waals surface area contributed by atoms with Crippen molar-refractivity contribution < 1.29 is 14.5 Å². The number of para-hydroxylation sites is 2. The minimum Gasteiger partial charge on any atom is -0.490 e. The van der Waals surface area contributed by atoms with E-state index in [-0.39, 0.29) is 11.4 Å². The van der Waals surface area contributed by atoms with Crippen LogP contribution in [0, 0.1) is 10.1 Å². The highest BCUT2D eigenvalue weighted by Gasteiger charge is 2.14. The van der Waals surface area contributed by atoms with Crippen LogP contribution in [0.15, 0.2) is 24.3 Å². The molecule has 0 N–H and O–H groups in total. The standard InChI is InChI=1S/C7H7NO3.C5H9NO/c1-11-7-5-3-2-4-6(7)8(9)10;1-6-4-2-3-5(6)7/h2-5H,1H3;2-4H2,1H3. The van der Waals surface area contributed by atoms with E-state index < -0.39 is 4.92 Å². The number of likely N-dealkylation sites (tertiary alicyclic amines) is 1. The van der Waals surface area contributed by atoms with Crippen LogP contribution in [0.25, 0.3) is 0 Å². The van der Waals surface area contributed by atoms with Crippen LogP contribution in [0.1, 0.15) is 12.8 Å². The molecule has 0 spiro atoms. The molecule has 1 saturated heterocycles. The fourth-order valence-corrected chi connectivity index (χ4v) is 1.56. The highest BCUT2D eigenvalue weighted by atomic mass is 16.6. The van der Waals surface area contributed by atoms with E-state index >= 15 is 0 Å². The van der Waals surface area contributed by atoms with Crippen molar-refractivity contribution in [3.63, 3.8) is 0 Å². The molecule has 1 amide bonds. The lowest BCUT2D eigenvalue weighted by molar-refractivity contribution is -0.385. The first-order chi connectivity index (χ1) is 8.56. The Morgan fingerprint density at radius 2 is 2.06 bits per heavy atom. The average molecular weight is 252 g/mol. The second-order valence-corrected chi connectivity index (χ2v) is 3.85. The summed E-state index contributed by atoms with van der Waals surface area (Å²) in [5.74, 6) is 0.581. The van der Waals surface area contributed by atoms with Crippen molar-refractivity contribution in [1.82, 2.24) is 4.90 Å². The van der Waals surface area contributed by atoms with Gasteiger partial charge in [0.25, 0.3) is 0 Å². The molecule has 1 heterocycles. The number of ether oxygens (including phenoxy) is 1. The molecule has 0 unspecified atom stereocenters. The Labute approximate surface area is 105 Å². The van der Waals surface area contributed by atoms with Gasteiger partial charge in [-0.05, 0) is 12.5 Å². The average Bonchev–Trinajstić information content (AvgIpc) is 2.74. The number of methoxy groups -OCH3 is 1. The van der Waals surface area contributed by atoms with Crippen molar-refractivity contribution in [2.45, 2.75) is 12.8 Å². The van der Waals surface area contributed by atoms with E-state index in [0.29, 0.717) is 5.91 Å². The number of rotatable bonds is 2. The lowest BCUT2D eigenvalue weighted by Gasteiger charge is -2.03. The fourth-order valence-electron chi connectivity index (χ4n) is 1.56. The number of carbonyl (C=O) groups excluding carboxylic acids is 1. The molecule has 1 aliphatic rings. The first-order valence-corrected chi connectivity index (χ1v) is 5.57. The topological polar surface area (TPSA) is 72.7 Å². The third kappa shape index (κ3) is 3.73. The van der Waals surface area contributed by atoms with E-state index in [0.717, 1.165) is 19.4 Å². The van der Waals surface area contributed by atoms with Crippen LogP contribution < -0.4 is 4.74 Å². The molecule has 0 radical (unpaired) electrons. The number of nitro benzene ring substituents is 1. The molecular weight excluding hydrogens is 236 g/mol. The van der Waals surface area contributed by atoms with E-state index in [2.05, 4.69) is 0 Å². The Bertz CT molecular complexity index is 434. The maximum absolute atomic E-state index is 10.5. The van der Waals surface area contributed by atoms with Crippen LogP contribution >= 0.6 is 0 Å². The summed E-state index contributed by atoms with van der Waals surface area (Å²) in [6.45, 7) is 0.957. The maximum atomic E-state index is 10.5. The molecular formula is C12H16N2O4. The number of nitro groups is 1. The molecule has 1 aromatic rings. The summed E-state index contributed by atoms with van der Waals surface area (Å²) in [5, 5.41) is 10.3. The van der Waals surface area contributed by atoms with Gasteiger partial charge in [-0.1, -0.05) is 12.1 Å². The van der Waals surface area contributed by atoms with Crippen LogP contribution in [-0.4, -0.2) is 36.4 Å². The summed E-state index contributed by atoms with van der Waals surface area (Å²) in [6.07, 6.45) is 1.81. The van der Waals surface area contributed by atoms with Crippen molar-refractivity contribution in [3.05, 3.63) is 34.4 Å². The first kappa shape index (κ1) is 14.0. The molecule has 1 fully saturated rings. The molecule has 0 saturated carbocycles. The summed E-state index contributed by atoms with van der Waals surface area (Å²) in [4.78, 5) is 22.1. The van der Waals surface area contributed by atoms with Crippen LogP contribution in [0.5, 0.6) is 5.75 Å². The quantitative estimate of drug-likeness (QED) is 0.594. The summed E-state index contributed by atoms with van der Waals surface area (Å²) in [5.41, 5.74) is -0.00463. The van der Waals surface area contributed by atoms with Crippen LogP contribution in [0.2, 0.25) is 0 Å². The Balaban J connectivity index is 0.000000199. The minimum absolute atomic E-state index is 0.00463. The van der Waals surface area contributed by atoms with Crippen LogP contribution in [0.4, 0.5) is 5.69 Å². The van der Waals surface area contributed by atoms with Crippen molar-refractivity contribution in [2.75, 3.05) is 20.7 Å². The molecule has 1 aromatic carbocycles. The summed E-state index contributed by atoms with van der Waals surface area (Å²) < 4.78 is 4.76. The van der Waals surface area contributed by atoms with Gasteiger partial charge >= 0.3 is 5.69 Å². The summed E-state index contributed by atoms with van der Waals surface area (Å²) >= 11 is 0. The largest absolute Gasteiger partial charge is 0.490 e. The van der Waals surface area contributed by atoms with E-state index in [4.69, 9.17) is 4.74 Å². The fraction of sp³-hybridized carbons (Fsp3) is 0.417. The van der Waals surface area contributed by atoms with E-state index in [1.807, 2.05) is 7.05 Å². The van der Waals surface area contributed by atoms with Gasteiger partial charge in [-0.3, -0.25) is 14.9 Å². The number of hydrogen-bond acceptors (Lipinski definition) is 4. The molecule has 0 aromatic heterocycles. The zero-order valence-corrected chi connectivity index (χ0v) is 10.5. The molecule has 18 heavy (non-hydrogen) atoms. The lowest BCUT2D eigenvalue weighted by atomic mass is 10.3. The molecule has 0 atom stereocenters. The first-order valence-electron chi connectivity index (χ1n) is 5.57. The zero-order chi connectivity index (χ0) is 13.5. The third-order valence-corrected chi connectivity index (χ3v) is 2.59.